The molecule has 0 aliphatic heterocycles. The average molecular weight is 594 g/mol. The number of benzene rings is 1. The molecule has 11 N–H and O–H groups in total. The zero-order valence-electron chi connectivity index (χ0n) is 23.9. The predicted molar refractivity (Wildman–Crippen MR) is 152 cm³/mol. The second-order valence-electron chi connectivity index (χ2n) is 10.0. The fraction of sp³-hybridized carbons (Fsp3) is 0.556. The number of carboxylic acids is 1. The van der Waals surface area contributed by atoms with Gasteiger partial charge in [0.05, 0.1) is 25.7 Å². The number of amides is 5. The number of carbonyl (C=O) groups is 6. The molecule has 15 heteroatoms. The average Bonchev–Trinajstić information content (AvgIpc) is 2.95. The second-order valence-corrected chi connectivity index (χ2v) is 10.0. The van der Waals surface area contributed by atoms with Gasteiger partial charge in [-0.2, -0.15) is 0 Å². The predicted octanol–water partition coefficient (Wildman–Crippen LogP) is -2.89. The summed E-state index contributed by atoms with van der Waals surface area (Å²) in [4.78, 5) is 73.7. The minimum Gasteiger partial charge on any atom is -0.480 e. The molecule has 0 radical (unpaired) electrons. The number of hydrogen-bond acceptors (Lipinski definition) is 9. The van der Waals surface area contributed by atoms with Gasteiger partial charge in [-0.15, -0.1) is 0 Å². The molecular weight excluding hydrogens is 550 g/mol. The van der Waals surface area contributed by atoms with Crippen molar-refractivity contribution in [3.8, 4) is 0 Å². The molecule has 0 aliphatic carbocycles. The molecule has 0 aliphatic rings. The van der Waals surface area contributed by atoms with Crippen LogP contribution in [0.25, 0.3) is 0 Å². The number of aliphatic hydroxyl groups excluding tert-OH is 1. The Morgan fingerprint density at radius 2 is 1.40 bits per heavy atom. The van der Waals surface area contributed by atoms with Crippen LogP contribution in [0.1, 0.15) is 38.7 Å². The summed E-state index contributed by atoms with van der Waals surface area (Å²) in [7, 11) is 0. The van der Waals surface area contributed by atoms with E-state index in [2.05, 4.69) is 26.6 Å². The van der Waals surface area contributed by atoms with Crippen molar-refractivity contribution in [3.63, 3.8) is 0 Å². The summed E-state index contributed by atoms with van der Waals surface area (Å²) < 4.78 is 0. The molecule has 0 heterocycles. The molecule has 0 saturated heterocycles. The Bertz CT molecular complexity index is 1050. The van der Waals surface area contributed by atoms with E-state index in [9.17, 15) is 28.8 Å². The Kier molecular flexibility index (Phi) is 16.4. The van der Waals surface area contributed by atoms with Gasteiger partial charge in [0.1, 0.15) is 18.1 Å². The van der Waals surface area contributed by atoms with Crippen LogP contribution in [0, 0.1) is 5.92 Å². The van der Waals surface area contributed by atoms with Crippen molar-refractivity contribution in [2.24, 2.45) is 17.4 Å². The standard InChI is InChI=1S/C27H43N7O8/c1-16(2)23(34-22(37)14-30-24(38)18(29)12-17-8-4-3-5-9-17)26(40)31-13-21(36)32-19(10-6-7-11-28)25(39)33-20(15-35)27(41)42/h3-5,8-9,16,18-20,23,35H,6-7,10-15,28-29H2,1-2H3,(H,30,38)(H,31,40)(H,32,36)(H,33,39)(H,34,37)(H,41,42)/t18-,19-,20-,23-/m0/s1. The number of hydrogen-bond donors (Lipinski definition) is 9. The van der Waals surface area contributed by atoms with E-state index in [0.717, 1.165) is 5.56 Å². The number of rotatable bonds is 19. The summed E-state index contributed by atoms with van der Waals surface area (Å²) >= 11 is 0. The SMILES string of the molecule is CC(C)[C@H](NC(=O)CNC(=O)[C@@H](N)Cc1ccccc1)C(=O)NCC(=O)N[C@@H](CCCCN)C(=O)N[C@@H](CO)C(=O)O. The van der Waals surface area contributed by atoms with Gasteiger partial charge in [-0.25, -0.2) is 4.79 Å². The molecule has 42 heavy (non-hydrogen) atoms. The van der Waals surface area contributed by atoms with Crippen LogP contribution in [-0.4, -0.2) is 96.1 Å². The van der Waals surface area contributed by atoms with Crippen molar-refractivity contribution >= 4 is 35.5 Å². The van der Waals surface area contributed by atoms with Crippen LogP contribution in [0.2, 0.25) is 0 Å². The van der Waals surface area contributed by atoms with E-state index in [0.29, 0.717) is 19.4 Å². The smallest absolute Gasteiger partial charge is 0.328 e. The van der Waals surface area contributed by atoms with E-state index in [1.807, 2.05) is 30.3 Å². The lowest BCUT2D eigenvalue weighted by molar-refractivity contribution is -0.143. The molecule has 4 atom stereocenters. The highest BCUT2D eigenvalue weighted by Crippen LogP contribution is 2.04. The molecule has 1 rings (SSSR count). The summed E-state index contributed by atoms with van der Waals surface area (Å²) in [6, 6.07) is 4.55. The third-order valence-electron chi connectivity index (χ3n) is 6.14. The zero-order valence-corrected chi connectivity index (χ0v) is 23.9. The molecule has 1 aromatic rings. The monoisotopic (exact) mass is 593 g/mol. The molecule has 0 bridgehead atoms. The Balaban J connectivity index is 2.64. The van der Waals surface area contributed by atoms with Crippen LogP contribution in [0.4, 0.5) is 0 Å². The number of aliphatic hydroxyl groups is 1. The molecular formula is C27H43N7O8. The highest BCUT2D eigenvalue weighted by molar-refractivity contribution is 5.94. The molecule has 234 valence electrons. The van der Waals surface area contributed by atoms with Crippen molar-refractivity contribution in [2.75, 3.05) is 26.2 Å². The maximum absolute atomic E-state index is 12.8. The summed E-state index contributed by atoms with van der Waals surface area (Å²) in [6.07, 6.45) is 1.43. The summed E-state index contributed by atoms with van der Waals surface area (Å²) in [5.41, 5.74) is 12.3. The van der Waals surface area contributed by atoms with E-state index in [1.54, 1.807) is 13.8 Å². The van der Waals surface area contributed by atoms with Crippen LogP contribution in [-0.2, 0) is 35.2 Å². The third-order valence-corrected chi connectivity index (χ3v) is 6.14. The quantitative estimate of drug-likeness (QED) is 0.0740. The number of nitrogens with one attached hydrogen (secondary N) is 5. The van der Waals surface area contributed by atoms with Crippen LogP contribution in [0.5, 0.6) is 0 Å². The highest BCUT2D eigenvalue weighted by atomic mass is 16.4. The lowest BCUT2D eigenvalue weighted by atomic mass is 10.0. The first-order valence-electron chi connectivity index (χ1n) is 13.7. The normalized spacial score (nSPS) is 13.7. The number of carboxylic acid groups (broad SMARTS) is 1. The zero-order chi connectivity index (χ0) is 31.7. The molecule has 5 amide bonds. The molecule has 0 fully saturated rings. The molecule has 1 aromatic carbocycles. The van der Waals surface area contributed by atoms with E-state index in [1.165, 1.54) is 0 Å². The first-order chi connectivity index (χ1) is 19.9. The Morgan fingerprint density at radius 3 is 1.95 bits per heavy atom. The molecule has 0 unspecified atom stereocenters. The van der Waals surface area contributed by atoms with E-state index in [-0.39, 0.29) is 18.8 Å². The van der Waals surface area contributed by atoms with Crippen LogP contribution in [0.3, 0.4) is 0 Å². The first kappa shape index (κ1) is 35.9. The molecule has 15 nitrogen and oxygen atoms in total. The van der Waals surface area contributed by atoms with Crippen molar-refractivity contribution in [3.05, 3.63) is 35.9 Å². The van der Waals surface area contributed by atoms with E-state index < -0.39 is 79.4 Å². The fourth-order valence-corrected chi connectivity index (χ4v) is 3.76. The van der Waals surface area contributed by atoms with Gasteiger partial charge < -0.3 is 48.3 Å². The lowest BCUT2D eigenvalue weighted by Crippen LogP contribution is -2.56. The number of aliphatic carboxylic acids is 1. The fourth-order valence-electron chi connectivity index (χ4n) is 3.76. The lowest BCUT2D eigenvalue weighted by Gasteiger charge is -2.23. The minimum absolute atomic E-state index is 0.145. The number of unbranched alkanes of at least 4 members (excludes halogenated alkanes) is 1. The van der Waals surface area contributed by atoms with Gasteiger partial charge in [0.15, 0.2) is 0 Å². The van der Waals surface area contributed by atoms with Crippen molar-refractivity contribution < 1.29 is 39.0 Å². The largest absolute Gasteiger partial charge is 0.480 e. The van der Waals surface area contributed by atoms with Gasteiger partial charge in [-0.05, 0) is 43.7 Å². The Hall–Kier alpha value is -4.08. The Labute approximate surface area is 244 Å². The van der Waals surface area contributed by atoms with Crippen molar-refractivity contribution in [2.45, 2.75) is 63.7 Å². The molecule has 0 saturated carbocycles. The number of nitrogens with two attached hydrogens (primary N) is 2. The molecule has 0 spiro atoms. The van der Waals surface area contributed by atoms with E-state index in [4.69, 9.17) is 21.7 Å². The van der Waals surface area contributed by atoms with Gasteiger partial charge in [0, 0.05) is 0 Å². The van der Waals surface area contributed by atoms with Gasteiger partial charge >= 0.3 is 5.97 Å². The summed E-state index contributed by atoms with van der Waals surface area (Å²) in [5, 5.41) is 30.2. The summed E-state index contributed by atoms with van der Waals surface area (Å²) in [5.74, 6) is -5.21. The maximum atomic E-state index is 12.8. The van der Waals surface area contributed by atoms with Gasteiger partial charge in [0.25, 0.3) is 0 Å². The second kappa shape index (κ2) is 19.1. The topological polar surface area (TPSA) is 255 Å². The van der Waals surface area contributed by atoms with Crippen LogP contribution >= 0.6 is 0 Å². The van der Waals surface area contributed by atoms with Crippen molar-refractivity contribution in [1.82, 2.24) is 26.6 Å². The first-order valence-corrected chi connectivity index (χ1v) is 13.7. The Morgan fingerprint density at radius 1 is 0.810 bits per heavy atom. The third kappa shape index (κ3) is 13.5. The van der Waals surface area contributed by atoms with E-state index >= 15 is 0 Å². The van der Waals surface area contributed by atoms with Crippen LogP contribution in [0.15, 0.2) is 30.3 Å². The minimum atomic E-state index is -1.55. The van der Waals surface area contributed by atoms with Gasteiger partial charge in [0.2, 0.25) is 29.5 Å². The van der Waals surface area contributed by atoms with Crippen LogP contribution < -0.4 is 38.1 Å². The van der Waals surface area contributed by atoms with Gasteiger partial charge in [-0.1, -0.05) is 44.2 Å². The molecule has 0 aromatic heterocycles. The summed E-state index contributed by atoms with van der Waals surface area (Å²) in [6.45, 7) is 1.91. The maximum Gasteiger partial charge on any atom is 0.328 e. The highest BCUT2D eigenvalue weighted by Gasteiger charge is 2.28. The van der Waals surface area contributed by atoms with Gasteiger partial charge in [-0.3, -0.25) is 24.0 Å². The van der Waals surface area contributed by atoms with Crippen molar-refractivity contribution in [1.29, 1.82) is 0 Å². The number of carbonyl (C=O) groups excluding carboxylic acids is 5.